The second kappa shape index (κ2) is 8.53. The number of rotatable bonds is 5. The number of anilines is 2. The highest BCUT2D eigenvalue weighted by Crippen LogP contribution is 2.29. The molecule has 6 nitrogen and oxygen atoms in total. The van der Waals surface area contributed by atoms with Gasteiger partial charge in [0.15, 0.2) is 0 Å². The lowest BCUT2D eigenvalue weighted by Gasteiger charge is -2.26. The normalized spacial score (nSPS) is 20.6. The minimum atomic E-state index is -0.485. The van der Waals surface area contributed by atoms with Crippen molar-refractivity contribution in [2.45, 2.75) is 32.6 Å². The molecule has 1 aliphatic rings. The fourth-order valence-electron chi connectivity index (χ4n) is 2.83. The second-order valence-electron chi connectivity index (χ2n) is 5.87. The molecular weight excluding hydrogens is 294 g/mol. The molecule has 1 aromatic rings. The third-order valence-corrected chi connectivity index (χ3v) is 4.23. The zero-order valence-corrected chi connectivity index (χ0v) is 13.5. The van der Waals surface area contributed by atoms with Crippen LogP contribution in [0, 0.1) is 11.8 Å². The summed E-state index contributed by atoms with van der Waals surface area (Å²) in [4.78, 5) is 23.6. The zero-order chi connectivity index (χ0) is 16.7. The fourth-order valence-corrected chi connectivity index (χ4v) is 2.83. The van der Waals surface area contributed by atoms with Gasteiger partial charge < -0.3 is 15.8 Å². The van der Waals surface area contributed by atoms with Crippen molar-refractivity contribution in [3.05, 3.63) is 24.3 Å². The van der Waals surface area contributed by atoms with E-state index in [1.807, 2.05) is 0 Å². The SMILES string of the molecule is CCOC(=O)Nc1ccc(NC(=O)C2CCC(CN)CC2)cc1. The standard InChI is InChI=1S/C17H25N3O3/c1-2-23-17(22)20-15-9-7-14(8-10-15)19-16(21)13-5-3-12(11-18)4-6-13/h7-10,12-13H,2-6,11,18H2,1H3,(H,19,21)(H,20,22). The van der Waals surface area contributed by atoms with Gasteiger partial charge >= 0.3 is 6.09 Å². The third kappa shape index (κ3) is 5.25. The van der Waals surface area contributed by atoms with E-state index in [1.165, 1.54) is 0 Å². The summed E-state index contributed by atoms with van der Waals surface area (Å²) < 4.78 is 4.81. The fraction of sp³-hybridized carbons (Fsp3) is 0.529. The van der Waals surface area contributed by atoms with Gasteiger partial charge in [-0.2, -0.15) is 0 Å². The predicted octanol–water partition coefficient (Wildman–Crippen LogP) is 2.96. The summed E-state index contributed by atoms with van der Waals surface area (Å²) in [6, 6.07) is 7.01. The van der Waals surface area contributed by atoms with Crippen LogP contribution < -0.4 is 16.4 Å². The van der Waals surface area contributed by atoms with Crippen molar-refractivity contribution in [2.24, 2.45) is 17.6 Å². The molecule has 23 heavy (non-hydrogen) atoms. The van der Waals surface area contributed by atoms with Crippen molar-refractivity contribution in [1.29, 1.82) is 0 Å². The van der Waals surface area contributed by atoms with Crippen molar-refractivity contribution < 1.29 is 14.3 Å². The lowest BCUT2D eigenvalue weighted by molar-refractivity contribution is -0.121. The molecule has 0 bridgehead atoms. The average Bonchev–Trinajstić information content (AvgIpc) is 2.57. The zero-order valence-electron chi connectivity index (χ0n) is 13.5. The first-order valence-electron chi connectivity index (χ1n) is 8.17. The van der Waals surface area contributed by atoms with Gasteiger partial charge in [0.2, 0.25) is 5.91 Å². The summed E-state index contributed by atoms with van der Waals surface area (Å²) in [5.74, 6) is 0.689. The van der Waals surface area contributed by atoms with E-state index in [1.54, 1.807) is 31.2 Å². The van der Waals surface area contributed by atoms with Crippen LogP contribution in [0.4, 0.5) is 16.2 Å². The second-order valence-corrected chi connectivity index (χ2v) is 5.87. The van der Waals surface area contributed by atoms with Crippen LogP contribution in [0.3, 0.4) is 0 Å². The summed E-state index contributed by atoms with van der Waals surface area (Å²) in [7, 11) is 0. The summed E-state index contributed by atoms with van der Waals surface area (Å²) >= 11 is 0. The maximum atomic E-state index is 12.3. The Balaban J connectivity index is 1.83. The van der Waals surface area contributed by atoms with Crippen LogP contribution in [-0.4, -0.2) is 25.2 Å². The van der Waals surface area contributed by atoms with Gasteiger partial charge in [-0.25, -0.2) is 4.79 Å². The molecule has 1 aromatic carbocycles. The van der Waals surface area contributed by atoms with E-state index in [0.717, 1.165) is 31.4 Å². The van der Waals surface area contributed by atoms with E-state index in [-0.39, 0.29) is 11.8 Å². The molecule has 0 aromatic heterocycles. The highest BCUT2D eigenvalue weighted by atomic mass is 16.5. The topological polar surface area (TPSA) is 93.5 Å². The van der Waals surface area contributed by atoms with E-state index in [4.69, 9.17) is 10.5 Å². The Kier molecular flexibility index (Phi) is 6.40. The Hall–Kier alpha value is -2.08. The quantitative estimate of drug-likeness (QED) is 0.778. The molecule has 126 valence electrons. The number of ether oxygens (including phenoxy) is 1. The molecule has 0 aliphatic heterocycles. The van der Waals surface area contributed by atoms with Gasteiger partial charge in [0.05, 0.1) is 6.61 Å². The minimum absolute atomic E-state index is 0.0616. The Morgan fingerprint density at radius 3 is 2.17 bits per heavy atom. The molecule has 6 heteroatoms. The van der Waals surface area contributed by atoms with Crippen LogP contribution in [0.25, 0.3) is 0 Å². The Morgan fingerprint density at radius 1 is 1.09 bits per heavy atom. The van der Waals surface area contributed by atoms with Gasteiger partial charge in [-0.15, -0.1) is 0 Å². The molecule has 2 amide bonds. The van der Waals surface area contributed by atoms with Gasteiger partial charge in [-0.05, 0) is 69.3 Å². The maximum Gasteiger partial charge on any atom is 0.411 e. The number of nitrogens with two attached hydrogens (primary N) is 1. The predicted molar refractivity (Wildman–Crippen MR) is 90.2 cm³/mol. The number of amides is 2. The molecule has 0 atom stereocenters. The Morgan fingerprint density at radius 2 is 1.65 bits per heavy atom. The van der Waals surface area contributed by atoms with E-state index in [0.29, 0.717) is 24.8 Å². The molecule has 0 saturated heterocycles. The highest BCUT2D eigenvalue weighted by molar-refractivity contribution is 5.93. The van der Waals surface area contributed by atoms with Gasteiger partial charge in [-0.1, -0.05) is 0 Å². The van der Waals surface area contributed by atoms with Crippen molar-refractivity contribution in [2.75, 3.05) is 23.8 Å². The minimum Gasteiger partial charge on any atom is -0.450 e. The molecule has 2 rings (SSSR count). The third-order valence-electron chi connectivity index (χ3n) is 4.23. The largest absolute Gasteiger partial charge is 0.450 e. The van der Waals surface area contributed by atoms with Crippen molar-refractivity contribution >= 4 is 23.4 Å². The first-order valence-corrected chi connectivity index (χ1v) is 8.17. The lowest BCUT2D eigenvalue weighted by Crippen LogP contribution is -2.29. The lowest BCUT2D eigenvalue weighted by atomic mass is 9.81. The molecule has 0 heterocycles. The van der Waals surface area contributed by atoms with Gasteiger partial charge in [-0.3, -0.25) is 10.1 Å². The van der Waals surface area contributed by atoms with Crippen LogP contribution in [0.2, 0.25) is 0 Å². The van der Waals surface area contributed by atoms with Crippen LogP contribution in [0.15, 0.2) is 24.3 Å². The Bertz CT molecular complexity index is 522. The summed E-state index contributed by atoms with van der Waals surface area (Å²) in [6.45, 7) is 2.79. The van der Waals surface area contributed by atoms with Crippen LogP contribution in [0.1, 0.15) is 32.6 Å². The summed E-state index contributed by atoms with van der Waals surface area (Å²) in [5.41, 5.74) is 7.03. The number of carbonyl (C=O) groups is 2. The molecule has 0 radical (unpaired) electrons. The highest BCUT2D eigenvalue weighted by Gasteiger charge is 2.25. The van der Waals surface area contributed by atoms with E-state index in [9.17, 15) is 9.59 Å². The van der Waals surface area contributed by atoms with Crippen molar-refractivity contribution in [3.63, 3.8) is 0 Å². The average molecular weight is 319 g/mol. The number of carbonyl (C=O) groups excluding carboxylic acids is 2. The first-order chi connectivity index (χ1) is 11.1. The molecule has 0 spiro atoms. The van der Waals surface area contributed by atoms with Gasteiger partial charge in [0, 0.05) is 17.3 Å². The summed E-state index contributed by atoms with van der Waals surface area (Å²) in [6.07, 6.45) is 3.36. The van der Waals surface area contributed by atoms with Crippen LogP contribution in [-0.2, 0) is 9.53 Å². The van der Waals surface area contributed by atoms with Crippen molar-refractivity contribution in [1.82, 2.24) is 0 Å². The number of hydrogen-bond donors (Lipinski definition) is 3. The van der Waals surface area contributed by atoms with Gasteiger partial charge in [0.25, 0.3) is 0 Å². The first kappa shape index (κ1) is 17.3. The van der Waals surface area contributed by atoms with Crippen LogP contribution in [0.5, 0.6) is 0 Å². The molecule has 1 aliphatic carbocycles. The number of benzene rings is 1. The maximum absolute atomic E-state index is 12.3. The van der Waals surface area contributed by atoms with Crippen molar-refractivity contribution in [3.8, 4) is 0 Å². The number of hydrogen-bond acceptors (Lipinski definition) is 4. The van der Waals surface area contributed by atoms with Crippen LogP contribution >= 0.6 is 0 Å². The Labute approximate surface area is 136 Å². The molecule has 1 saturated carbocycles. The van der Waals surface area contributed by atoms with E-state index in [2.05, 4.69) is 10.6 Å². The molecule has 4 N–H and O–H groups in total. The molecular formula is C17H25N3O3. The molecule has 0 unspecified atom stereocenters. The van der Waals surface area contributed by atoms with E-state index >= 15 is 0 Å². The number of nitrogens with one attached hydrogen (secondary N) is 2. The summed E-state index contributed by atoms with van der Waals surface area (Å²) in [5, 5.41) is 5.55. The monoisotopic (exact) mass is 319 g/mol. The van der Waals surface area contributed by atoms with Gasteiger partial charge in [0.1, 0.15) is 0 Å². The van der Waals surface area contributed by atoms with E-state index < -0.39 is 6.09 Å². The molecule has 1 fully saturated rings. The smallest absolute Gasteiger partial charge is 0.411 e.